The monoisotopic (exact) mass is 764 g/mol. The van der Waals surface area contributed by atoms with Gasteiger partial charge in [-0.25, -0.2) is 9.97 Å². The quantitative estimate of drug-likeness (QED) is 0.132. The summed E-state index contributed by atoms with van der Waals surface area (Å²) in [7, 11) is 0. The molecule has 0 bridgehead atoms. The van der Waals surface area contributed by atoms with Gasteiger partial charge in [0, 0.05) is 63.6 Å². The van der Waals surface area contributed by atoms with E-state index in [4.69, 9.17) is 9.97 Å². The van der Waals surface area contributed by atoms with Crippen LogP contribution in [0.5, 0.6) is 0 Å². The molecule has 2 nitrogen and oxygen atoms in total. The number of fused-ring (bicyclic) bond motifs is 14. The van der Waals surface area contributed by atoms with Crippen LogP contribution in [0.25, 0.3) is 129 Å². The van der Waals surface area contributed by atoms with E-state index in [1.165, 1.54) is 90.7 Å². The molecular formula is C56H32N2S. The first-order valence-corrected chi connectivity index (χ1v) is 21.0. The van der Waals surface area contributed by atoms with Crippen molar-refractivity contribution in [2.75, 3.05) is 0 Å². The predicted octanol–water partition coefficient (Wildman–Crippen LogP) is 15.9. The molecule has 272 valence electrons. The first kappa shape index (κ1) is 32.6. The number of nitrogens with zero attached hydrogens (tertiary/aromatic N) is 2. The first-order chi connectivity index (χ1) is 29.3. The van der Waals surface area contributed by atoms with Crippen molar-refractivity contribution in [2.45, 2.75) is 0 Å². The predicted molar refractivity (Wildman–Crippen MR) is 254 cm³/mol. The van der Waals surface area contributed by atoms with Gasteiger partial charge in [0.1, 0.15) is 0 Å². The summed E-state index contributed by atoms with van der Waals surface area (Å²) < 4.78 is 2.62. The van der Waals surface area contributed by atoms with Crippen LogP contribution >= 0.6 is 11.3 Å². The summed E-state index contributed by atoms with van der Waals surface area (Å²) in [5, 5.41) is 17.0. The van der Waals surface area contributed by atoms with Crippen molar-refractivity contribution >= 4 is 107 Å². The molecule has 0 unspecified atom stereocenters. The van der Waals surface area contributed by atoms with Gasteiger partial charge in [-0.05, 0) is 67.7 Å². The fourth-order valence-electron chi connectivity index (χ4n) is 9.92. The maximum Gasteiger partial charge on any atom is 0.0801 e. The number of hydrogen-bond donors (Lipinski definition) is 0. The molecule has 59 heavy (non-hydrogen) atoms. The highest BCUT2D eigenvalue weighted by atomic mass is 32.1. The Morgan fingerprint density at radius 2 is 0.797 bits per heavy atom. The average Bonchev–Trinajstić information content (AvgIpc) is 3.69. The van der Waals surface area contributed by atoms with Crippen LogP contribution in [-0.4, -0.2) is 9.97 Å². The minimum Gasteiger partial charge on any atom is -0.247 e. The third-order valence-corrected chi connectivity index (χ3v) is 13.6. The summed E-state index contributed by atoms with van der Waals surface area (Å²) in [6.07, 6.45) is 0. The Hall–Kier alpha value is -7.46. The Balaban J connectivity index is 1.19. The molecule has 0 aliphatic carbocycles. The minimum absolute atomic E-state index is 0.996. The molecule has 0 aliphatic heterocycles. The lowest BCUT2D eigenvalue weighted by Gasteiger charge is -2.21. The van der Waals surface area contributed by atoms with Gasteiger partial charge in [-0.1, -0.05) is 170 Å². The third kappa shape index (κ3) is 4.68. The Morgan fingerprint density at radius 3 is 1.47 bits per heavy atom. The lowest BCUT2D eigenvalue weighted by Crippen LogP contribution is -1.96. The molecule has 0 N–H and O–H groups in total. The number of pyridine rings is 2. The van der Waals surface area contributed by atoms with E-state index in [0.29, 0.717) is 0 Å². The molecule has 13 rings (SSSR count). The second kappa shape index (κ2) is 12.5. The Bertz CT molecular complexity index is 3840. The maximum atomic E-state index is 5.60. The van der Waals surface area contributed by atoms with Gasteiger partial charge in [-0.15, -0.1) is 11.3 Å². The standard InChI is InChI=1S/C56H32N2S/c1-2-16-33(17-3-1)54-46-32-45(34-18-4-5-20-36(34)51(46)42-25-10-13-27-47(42)57-54)50-37-21-6-8-23-39(37)52(40-24-9-7-22-38(40)50)55-44-31-30-41-35-19-12-15-29-49(35)59-56(41)53(44)43-26-11-14-28-48(43)58-55/h1-32H. The van der Waals surface area contributed by atoms with E-state index in [9.17, 15) is 0 Å². The number of thiophene rings is 1. The van der Waals surface area contributed by atoms with Gasteiger partial charge < -0.3 is 0 Å². The molecule has 0 amide bonds. The van der Waals surface area contributed by atoms with Gasteiger partial charge in [0.25, 0.3) is 0 Å². The van der Waals surface area contributed by atoms with E-state index in [0.717, 1.165) is 38.8 Å². The zero-order chi connectivity index (χ0) is 38.6. The number of rotatable bonds is 3. The molecule has 0 spiro atoms. The summed E-state index contributed by atoms with van der Waals surface area (Å²) in [6.45, 7) is 0. The Morgan fingerprint density at radius 1 is 0.305 bits per heavy atom. The molecule has 0 saturated carbocycles. The largest absolute Gasteiger partial charge is 0.247 e. The van der Waals surface area contributed by atoms with E-state index in [-0.39, 0.29) is 0 Å². The highest BCUT2D eigenvalue weighted by Crippen LogP contribution is 2.50. The Labute approximate surface area is 343 Å². The fraction of sp³-hybridized carbons (Fsp3) is 0. The maximum absolute atomic E-state index is 5.60. The molecule has 10 aromatic carbocycles. The van der Waals surface area contributed by atoms with Gasteiger partial charge in [0.15, 0.2) is 0 Å². The smallest absolute Gasteiger partial charge is 0.0801 e. The van der Waals surface area contributed by atoms with Crippen LogP contribution in [0.4, 0.5) is 0 Å². The molecule has 0 atom stereocenters. The van der Waals surface area contributed by atoms with Crippen LogP contribution in [0, 0.1) is 0 Å². The summed E-state index contributed by atoms with van der Waals surface area (Å²) in [6, 6.07) is 70.6. The van der Waals surface area contributed by atoms with Gasteiger partial charge >= 0.3 is 0 Å². The van der Waals surface area contributed by atoms with Crippen molar-refractivity contribution in [1.82, 2.24) is 9.97 Å². The van der Waals surface area contributed by atoms with Crippen molar-refractivity contribution in [3.8, 4) is 33.6 Å². The van der Waals surface area contributed by atoms with Crippen LogP contribution in [0.1, 0.15) is 0 Å². The summed E-state index contributed by atoms with van der Waals surface area (Å²) in [5.41, 5.74) is 8.71. The molecule has 3 heterocycles. The lowest BCUT2D eigenvalue weighted by atomic mass is 9.83. The van der Waals surface area contributed by atoms with Crippen LogP contribution in [-0.2, 0) is 0 Å². The van der Waals surface area contributed by atoms with Gasteiger partial charge in [0.05, 0.1) is 22.4 Å². The van der Waals surface area contributed by atoms with Crippen LogP contribution in [0.3, 0.4) is 0 Å². The van der Waals surface area contributed by atoms with Crippen LogP contribution in [0.2, 0.25) is 0 Å². The SMILES string of the molecule is c1ccc(-c2nc3ccccc3c3c2cc(-c2c4ccccc4c(-c4nc5ccccc5c5c4ccc4c6ccccc6sc45)c4ccccc24)c2ccccc23)cc1. The van der Waals surface area contributed by atoms with E-state index in [1.54, 1.807) is 0 Å². The summed E-state index contributed by atoms with van der Waals surface area (Å²) in [5.74, 6) is 0. The highest BCUT2D eigenvalue weighted by molar-refractivity contribution is 7.26. The van der Waals surface area contributed by atoms with E-state index >= 15 is 0 Å². The topological polar surface area (TPSA) is 25.8 Å². The van der Waals surface area contributed by atoms with Crippen molar-refractivity contribution in [1.29, 1.82) is 0 Å². The lowest BCUT2D eigenvalue weighted by molar-refractivity contribution is 1.43. The van der Waals surface area contributed by atoms with E-state index < -0.39 is 0 Å². The van der Waals surface area contributed by atoms with Crippen LogP contribution in [0.15, 0.2) is 194 Å². The van der Waals surface area contributed by atoms with Crippen LogP contribution < -0.4 is 0 Å². The first-order valence-electron chi connectivity index (χ1n) is 20.2. The normalized spacial score (nSPS) is 12.1. The second-order valence-electron chi connectivity index (χ2n) is 15.5. The zero-order valence-electron chi connectivity index (χ0n) is 31.8. The van der Waals surface area contributed by atoms with Gasteiger partial charge in [0.2, 0.25) is 0 Å². The molecule has 3 heteroatoms. The van der Waals surface area contributed by atoms with Gasteiger partial charge in [-0.3, -0.25) is 0 Å². The Kier molecular flexibility index (Phi) is 6.92. The van der Waals surface area contributed by atoms with E-state index in [2.05, 4.69) is 194 Å². The molecule has 0 radical (unpaired) electrons. The molecule has 0 aliphatic rings. The minimum atomic E-state index is 0.996. The van der Waals surface area contributed by atoms with Crippen molar-refractivity contribution in [2.24, 2.45) is 0 Å². The molecule has 0 saturated heterocycles. The van der Waals surface area contributed by atoms with Crippen molar-refractivity contribution in [3.63, 3.8) is 0 Å². The van der Waals surface area contributed by atoms with E-state index in [1.807, 2.05) is 11.3 Å². The average molecular weight is 765 g/mol. The van der Waals surface area contributed by atoms with Crippen molar-refractivity contribution in [3.05, 3.63) is 194 Å². The summed E-state index contributed by atoms with van der Waals surface area (Å²) in [4.78, 5) is 11.0. The molecular weight excluding hydrogens is 733 g/mol. The summed E-state index contributed by atoms with van der Waals surface area (Å²) >= 11 is 1.89. The molecule has 3 aromatic heterocycles. The fourth-order valence-corrected chi connectivity index (χ4v) is 11.2. The number of hydrogen-bond acceptors (Lipinski definition) is 3. The number of para-hydroxylation sites is 2. The second-order valence-corrected chi connectivity index (χ2v) is 16.6. The zero-order valence-corrected chi connectivity index (χ0v) is 32.6. The molecule has 13 aromatic rings. The van der Waals surface area contributed by atoms with Gasteiger partial charge in [-0.2, -0.15) is 0 Å². The third-order valence-electron chi connectivity index (χ3n) is 12.4. The number of aromatic nitrogens is 2. The van der Waals surface area contributed by atoms with Crippen molar-refractivity contribution < 1.29 is 0 Å². The highest BCUT2D eigenvalue weighted by Gasteiger charge is 2.24. The number of benzene rings is 10. The molecule has 0 fully saturated rings.